The van der Waals surface area contributed by atoms with Crippen LogP contribution in [0.5, 0.6) is 23.0 Å². The first kappa shape index (κ1) is 22.4. The minimum Gasteiger partial charge on any atom is -0.493 e. The lowest BCUT2D eigenvalue weighted by Gasteiger charge is -2.31. The quantitative estimate of drug-likeness (QED) is 0.670. The Morgan fingerprint density at radius 3 is 2.24 bits per heavy atom. The molecule has 2 heterocycles. The second-order valence-electron chi connectivity index (χ2n) is 7.89. The molecule has 0 radical (unpaired) electrons. The molecule has 0 bridgehead atoms. The van der Waals surface area contributed by atoms with Gasteiger partial charge in [-0.15, -0.1) is 0 Å². The van der Waals surface area contributed by atoms with Gasteiger partial charge in [-0.3, -0.25) is 14.4 Å². The van der Waals surface area contributed by atoms with Crippen molar-refractivity contribution in [2.45, 2.75) is 12.8 Å². The molecule has 2 amide bonds. The van der Waals surface area contributed by atoms with E-state index in [1.807, 2.05) is 0 Å². The molecule has 1 fully saturated rings. The molecule has 9 heteroatoms. The molecule has 4 rings (SSSR count). The molecular formula is C24H26N2O7. The molecule has 2 aliphatic rings. The number of fused-ring (bicyclic) bond motifs is 1. The molecule has 0 spiro atoms. The molecule has 9 nitrogen and oxygen atoms in total. The number of nitrogens with zero attached hydrogens (tertiary/aromatic N) is 1. The van der Waals surface area contributed by atoms with Crippen LogP contribution in [0.15, 0.2) is 30.3 Å². The maximum atomic E-state index is 13.1. The number of rotatable bonds is 6. The fraction of sp³-hybridized carbons (Fsp3) is 0.375. The zero-order valence-electron chi connectivity index (χ0n) is 18.8. The summed E-state index contributed by atoms with van der Waals surface area (Å²) in [6, 6.07) is 8.33. The van der Waals surface area contributed by atoms with Gasteiger partial charge in [-0.05, 0) is 43.2 Å². The van der Waals surface area contributed by atoms with E-state index in [1.54, 1.807) is 35.2 Å². The SMILES string of the molecule is COc1cc(C(=O)N2CCC(C(=O)c3ccc4c(c3)NC(=O)CO4)CC2)cc(OC)c1OC. The van der Waals surface area contributed by atoms with E-state index in [0.29, 0.717) is 65.7 Å². The van der Waals surface area contributed by atoms with E-state index in [2.05, 4.69) is 5.32 Å². The monoisotopic (exact) mass is 454 g/mol. The molecule has 0 aromatic heterocycles. The van der Waals surface area contributed by atoms with Gasteiger partial charge in [0.25, 0.3) is 11.8 Å². The van der Waals surface area contributed by atoms with Crippen LogP contribution in [0.1, 0.15) is 33.6 Å². The van der Waals surface area contributed by atoms with Crippen LogP contribution >= 0.6 is 0 Å². The van der Waals surface area contributed by atoms with Gasteiger partial charge in [-0.1, -0.05) is 0 Å². The van der Waals surface area contributed by atoms with Crippen LogP contribution in [0.4, 0.5) is 5.69 Å². The van der Waals surface area contributed by atoms with E-state index in [4.69, 9.17) is 18.9 Å². The van der Waals surface area contributed by atoms with E-state index in [0.717, 1.165) is 0 Å². The van der Waals surface area contributed by atoms with Crippen molar-refractivity contribution in [1.82, 2.24) is 4.90 Å². The number of carbonyl (C=O) groups is 3. The van der Waals surface area contributed by atoms with Crippen LogP contribution in [0.25, 0.3) is 0 Å². The number of carbonyl (C=O) groups excluding carboxylic acids is 3. The van der Waals surface area contributed by atoms with E-state index in [1.165, 1.54) is 21.3 Å². The van der Waals surface area contributed by atoms with Gasteiger partial charge in [0, 0.05) is 30.1 Å². The van der Waals surface area contributed by atoms with Gasteiger partial charge < -0.3 is 29.2 Å². The Labute approximate surface area is 191 Å². The lowest BCUT2D eigenvalue weighted by molar-refractivity contribution is -0.118. The lowest BCUT2D eigenvalue weighted by atomic mass is 9.88. The van der Waals surface area contributed by atoms with Crippen LogP contribution in [0.2, 0.25) is 0 Å². The number of ketones is 1. The second-order valence-corrected chi connectivity index (χ2v) is 7.89. The smallest absolute Gasteiger partial charge is 0.262 e. The molecule has 0 aliphatic carbocycles. The van der Waals surface area contributed by atoms with Crippen molar-refractivity contribution in [3.8, 4) is 23.0 Å². The Balaban J connectivity index is 1.44. The largest absolute Gasteiger partial charge is 0.493 e. The summed E-state index contributed by atoms with van der Waals surface area (Å²) in [5.74, 6) is 1.19. The minimum atomic E-state index is -0.245. The van der Waals surface area contributed by atoms with E-state index in [9.17, 15) is 14.4 Å². The lowest BCUT2D eigenvalue weighted by Crippen LogP contribution is -2.40. The van der Waals surface area contributed by atoms with Crippen molar-refractivity contribution < 1.29 is 33.3 Å². The van der Waals surface area contributed by atoms with Gasteiger partial charge in [0.15, 0.2) is 23.9 Å². The molecular weight excluding hydrogens is 428 g/mol. The Hall–Kier alpha value is -3.75. The number of ether oxygens (including phenoxy) is 4. The van der Waals surface area contributed by atoms with Crippen molar-refractivity contribution in [2.24, 2.45) is 5.92 Å². The number of Topliss-reactive ketones (excluding diaryl/α,β-unsaturated/α-hetero) is 1. The van der Waals surface area contributed by atoms with Gasteiger partial charge in [-0.2, -0.15) is 0 Å². The first-order valence-electron chi connectivity index (χ1n) is 10.6. The van der Waals surface area contributed by atoms with E-state index >= 15 is 0 Å². The number of piperidine rings is 1. The predicted molar refractivity (Wildman–Crippen MR) is 120 cm³/mol. The Bertz CT molecular complexity index is 1070. The van der Waals surface area contributed by atoms with E-state index in [-0.39, 0.29) is 30.1 Å². The molecule has 174 valence electrons. The number of benzene rings is 2. The molecule has 2 aromatic rings. The second kappa shape index (κ2) is 9.40. The molecule has 0 saturated carbocycles. The van der Waals surface area contributed by atoms with Gasteiger partial charge in [0.1, 0.15) is 5.75 Å². The highest BCUT2D eigenvalue weighted by Gasteiger charge is 2.30. The topological polar surface area (TPSA) is 103 Å². The highest BCUT2D eigenvalue weighted by molar-refractivity contribution is 6.02. The highest BCUT2D eigenvalue weighted by atomic mass is 16.5. The van der Waals surface area contributed by atoms with Crippen LogP contribution in [-0.4, -0.2) is 63.5 Å². The first-order chi connectivity index (χ1) is 15.9. The number of nitrogens with one attached hydrogen (secondary N) is 1. The van der Waals surface area contributed by atoms with Gasteiger partial charge in [-0.25, -0.2) is 0 Å². The molecule has 0 atom stereocenters. The summed E-state index contributed by atoms with van der Waals surface area (Å²) in [5, 5.41) is 2.73. The summed E-state index contributed by atoms with van der Waals surface area (Å²) in [5.41, 5.74) is 1.46. The number of likely N-dealkylation sites (tertiary alicyclic amines) is 1. The maximum Gasteiger partial charge on any atom is 0.262 e. The third-order valence-electron chi connectivity index (χ3n) is 5.96. The summed E-state index contributed by atoms with van der Waals surface area (Å²) in [4.78, 5) is 39.4. The predicted octanol–water partition coefficient (Wildman–Crippen LogP) is 2.78. The van der Waals surface area contributed by atoms with Crippen molar-refractivity contribution >= 4 is 23.3 Å². The zero-order valence-corrected chi connectivity index (χ0v) is 18.8. The normalized spacial score (nSPS) is 15.7. The minimum absolute atomic E-state index is 0.00231. The Kier molecular flexibility index (Phi) is 6.39. The highest BCUT2D eigenvalue weighted by Crippen LogP contribution is 2.39. The van der Waals surface area contributed by atoms with Crippen molar-refractivity contribution in [2.75, 3.05) is 46.3 Å². The number of hydrogen-bond acceptors (Lipinski definition) is 7. The Morgan fingerprint density at radius 2 is 1.64 bits per heavy atom. The molecule has 2 aromatic carbocycles. The third-order valence-corrected chi connectivity index (χ3v) is 5.96. The summed E-state index contributed by atoms with van der Waals surface area (Å²) in [7, 11) is 4.51. The zero-order chi connectivity index (χ0) is 23.5. The average molecular weight is 454 g/mol. The van der Waals surface area contributed by atoms with Crippen LogP contribution < -0.4 is 24.3 Å². The summed E-state index contributed by atoms with van der Waals surface area (Å²) >= 11 is 0. The molecule has 1 N–H and O–H groups in total. The first-order valence-corrected chi connectivity index (χ1v) is 10.6. The standard InChI is InChI=1S/C24H26N2O7/c1-30-19-11-16(12-20(31-2)23(19)32-3)24(29)26-8-6-14(7-9-26)22(28)15-4-5-18-17(10-15)25-21(27)13-33-18/h4-5,10-12,14H,6-9,13H2,1-3H3,(H,25,27). The molecule has 1 saturated heterocycles. The average Bonchev–Trinajstić information content (AvgIpc) is 2.86. The summed E-state index contributed by atoms with van der Waals surface area (Å²) in [6.07, 6.45) is 1.10. The third kappa shape index (κ3) is 4.44. The number of anilines is 1. The van der Waals surface area contributed by atoms with Crippen LogP contribution in [0.3, 0.4) is 0 Å². The van der Waals surface area contributed by atoms with Crippen molar-refractivity contribution in [3.05, 3.63) is 41.5 Å². The summed E-state index contributed by atoms with van der Waals surface area (Å²) < 4.78 is 21.4. The number of hydrogen-bond donors (Lipinski definition) is 1. The van der Waals surface area contributed by atoms with Gasteiger partial charge in [0.05, 0.1) is 27.0 Å². The van der Waals surface area contributed by atoms with Crippen molar-refractivity contribution in [1.29, 1.82) is 0 Å². The van der Waals surface area contributed by atoms with E-state index < -0.39 is 0 Å². The maximum absolute atomic E-state index is 13.1. The van der Waals surface area contributed by atoms with Crippen LogP contribution in [-0.2, 0) is 4.79 Å². The van der Waals surface area contributed by atoms with Gasteiger partial charge >= 0.3 is 0 Å². The van der Waals surface area contributed by atoms with Gasteiger partial charge in [0.2, 0.25) is 5.75 Å². The number of methoxy groups -OCH3 is 3. The molecule has 33 heavy (non-hydrogen) atoms. The number of amides is 2. The fourth-order valence-corrected chi connectivity index (χ4v) is 4.20. The fourth-order valence-electron chi connectivity index (χ4n) is 4.20. The molecule has 0 unspecified atom stereocenters. The molecule has 2 aliphatic heterocycles. The summed E-state index contributed by atoms with van der Waals surface area (Å²) in [6.45, 7) is 0.881. The Morgan fingerprint density at radius 1 is 0.970 bits per heavy atom. The van der Waals surface area contributed by atoms with Crippen LogP contribution in [0, 0.1) is 5.92 Å². The van der Waals surface area contributed by atoms with Crippen molar-refractivity contribution in [3.63, 3.8) is 0 Å².